The molecule has 0 unspecified atom stereocenters. The lowest BCUT2D eigenvalue weighted by Crippen LogP contribution is -2.48. The number of aromatic nitrogens is 2. The predicted molar refractivity (Wildman–Crippen MR) is 119 cm³/mol. The molecule has 1 aliphatic rings. The van der Waals surface area contributed by atoms with Crippen LogP contribution in [0.5, 0.6) is 5.75 Å². The summed E-state index contributed by atoms with van der Waals surface area (Å²) in [7, 11) is 1.67. The van der Waals surface area contributed by atoms with Gasteiger partial charge in [0.25, 0.3) is 0 Å². The zero-order valence-electron chi connectivity index (χ0n) is 17.9. The van der Waals surface area contributed by atoms with Gasteiger partial charge in [-0.2, -0.15) is 0 Å². The van der Waals surface area contributed by atoms with Crippen molar-refractivity contribution in [2.24, 2.45) is 0 Å². The minimum Gasteiger partial charge on any atom is -0.497 e. The fourth-order valence-corrected chi connectivity index (χ4v) is 3.91. The van der Waals surface area contributed by atoms with Gasteiger partial charge in [0.15, 0.2) is 0 Å². The van der Waals surface area contributed by atoms with Crippen LogP contribution in [0, 0.1) is 13.8 Å². The van der Waals surface area contributed by atoms with Gasteiger partial charge in [-0.25, -0.2) is 4.98 Å². The van der Waals surface area contributed by atoms with Crippen molar-refractivity contribution in [1.29, 1.82) is 0 Å². The molecule has 1 amide bonds. The number of aryl methyl sites for hydroxylation is 2. The zero-order chi connectivity index (χ0) is 21.1. The van der Waals surface area contributed by atoms with Crippen LogP contribution in [0.2, 0.25) is 0 Å². The quantitative estimate of drug-likeness (QED) is 0.657. The predicted octanol–water partition coefficient (Wildman–Crippen LogP) is 2.94. The molecule has 7 nitrogen and oxygen atoms in total. The fraction of sp³-hybridized carbons (Fsp3) is 0.391. The molecule has 1 aromatic heterocycles. The van der Waals surface area contributed by atoms with Crippen molar-refractivity contribution in [1.82, 2.24) is 19.8 Å². The first kappa shape index (κ1) is 20.4. The normalized spacial score (nSPS) is 15.4. The van der Waals surface area contributed by atoms with Crippen LogP contribution in [-0.2, 0) is 11.3 Å². The lowest BCUT2D eigenvalue weighted by Gasteiger charge is -2.33. The number of methoxy groups -OCH3 is 1. The van der Waals surface area contributed by atoms with Gasteiger partial charge < -0.3 is 15.0 Å². The first-order valence-corrected chi connectivity index (χ1v) is 10.3. The van der Waals surface area contributed by atoms with Crippen molar-refractivity contribution < 1.29 is 9.53 Å². The Bertz CT molecular complexity index is 1040. The average molecular weight is 408 g/mol. The number of nitrogens with zero attached hydrogens (tertiary/aromatic N) is 3. The van der Waals surface area contributed by atoms with Crippen LogP contribution >= 0.6 is 0 Å². The molecule has 7 heteroatoms. The average Bonchev–Trinajstić information content (AvgIpc) is 3.13. The van der Waals surface area contributed by atoms with Crippen LogP contribution < -0.4 is 10.1 Å². The second-order valence-electron chi connectivity index (χ2n) is 7.99. The highest BCUT2D eigenvalue weighted by molar-refractivity contribution is 5.93. The third-order valence-corrected chi connectivity index (χ3v) is 5.60. The largest absolute Gasteiger partial charge is 0.497 e. The molecule has 0 atom stereocenters. The van der Waals surface area contributed by atoms with Crippen LogP contribution in [-0.4, -0.2) is 65.5 Å². The summed E-state index contributed by atoms with van der Waals surface area (Å²) in [6.45, 7) is 8.85. The standard InChI is InChI=1S/C23H29N5O2/c1-16-4-6-19(17(2)12-16)26-23(29)15-28-10-8-27(9-11-28)14-22-24-20-7-5-18(30-3)13-21(20)25-22/h4-7,12-13H,8-11,14-15H2,1-3H3,(H,24,25)(H,26,29). The summed E-state index contributed by atoms with van der Waals surface area (Å²) in [6, 6.07) is 12.0. The maximum atomic E-state index is 12.5. The second-order valence-corrected chi connectivity index (χ2v) is 7.99. The molecule has 1 aliphatic heterocycles. The van der Waals surface area contributed by atoms with Crippen LogP contribution in [0.3, 0.4) is 0 Å². The summed E-state index contributed by atoms with van der Waals surface area (Å²) in [6.07, 6.45) is 0. The second kappa shape index (κ2) is 8.85. The Morgan fingerprint density at radius 1 is 1.10 bits per heavy atom. The van der Waals surface area contributed by atoms with E-state index in [4.69, 9.17) is 4.74 Å². The van der Waals surface area contributed by atoms with Crippen LogP contribution in [0.25, 0.3) is 11.0 Å². The molecule has 158 valence electrons. The number of hydrogen-bond acceptors (Lipinski definition) is 5. The number of hydrogen-bond donors (Lipinski definition) is 2. The van der Waals surface area contributed by atoms with Gasteiger partial charge in [0.2, 0.25) is 5.91 Å². The number of piperazine rings is 1. The highest BCUT2D eigenvalue weighted by atomic mass is 16.5. The van der Waals surface area contributed by atoms with E-state index < -0.39 is 0 Å². The molecule has 1 fully saturated rings. The van der Waals surface area contributed by atoms with Crippen molar-refractivity contribution in [3.8, 4) is 5.75 Å². The molecule has 0 spiro atoms. The summed E-state index contributed by atoms with van der Waals surface area (Å²) in [5, 5.41) is 3.04. The van der Waals surface area contributed by atoms with Gasteiger partial charge in [-0.1, -0.05) is 17.7 Å². The van der Waals surface area contributed by atoms with E-state index in [1.165, 1.54) is 5.56 Å². The number of anilines is 1. The number of aromatic amines is 1. The summed E-state index contributed by atoms with van der Waals surface area (Å²) in [5.41, 5.74) is 5.13. The number of ether oxygens (including phenoxy) is 1. The molecular formula is C23H29N5O2. The Kier molecular flexibility index (Phi) is 6.01. The number of carbonyl (C=O) groups excluding carboxylic acids is 1. The molecule has 0 bridgehead atoms. The number of fused-ring (bicyclic) bond motifs is 1. The number of amides is 1. The smallest absolute Gasteiger partial charge is 0.238 e. The van der Waals surface area contributed by atoms with E-state index >= 15 is 0 Å². The minimum absolute atomic E-state index is 0.0432. The maximum Gasteiger partial charge on any atom is 0.238 e. The van der Waals surface area contributed by atoms with Crippen molar-refractivity contribution in [3.63, 3.8) is 0 Å². The molecule has 2 aromatic carbocycles. The van der Waals surface area contributed by atoms with E-state index in [9.17, 15) is 4.79 Å². The lowest BCUT2D eigenvalue weighted by atomic mass is 10.1. The molecule has 0 radical (unpaired) electrons. The third kappa shape index (κ3) is 4.80. The van der Waals surface area contributed by atoms with Crippen LogP contribution in [0.1, 0.15) is 17.0 Å². The van der Waals surface area contributed by atoms with Gasteiger partial charge in [0.05, 0.1) is 31.2 Å². The Morgan fingerprint density at radius 2 is 1.87 bits per heavy atom. The van der Waals surface area contributed by atoms with Crippen molar-refractivity contribution >= 4 is 22.6 Å². The van der Waals surface area contributed by atoms with E-state index in [2.05, 4.69) is 38.1 Å². The first-order valence-electron chi connectivity index (χ1n) is 10.3. The number of carbonyl (C=O) groups is 1. The molecule has 2 N–H and O–H groups in total. The van der Waals surface area contributed by atoms with E-state index in [-0.39, 0.29) is 5.91 Å². The van der Waals surface area contributed by atoms with E-state index in [1.807, 2.05) is 37.3 Å². The molecular weight excluding hydrogens is 378 g/mol. The lowest BCUT2D eigenvalue weighted by molar-refractivity contribution is -0.117. The first-order chi connectivity index (χ1) is 14.5. The van der Waals surface area contributed by atoms with Crippen molar-refractivity contribution in [2.75, 3.05) is 45.2 Å². The number of rotatable bonds is 6. The minimum atomic E-state index is 0.0432. The fourth-order valence-electron chi connectivity index (χ4n) is 3.91. The molecule has 1 saturated heterocycles. The monoisotopic (exact) mass is 407 g/mol. The Hall–Kier alpha value is -2.90. The molecule has 0 saturated carbocycles. The van der Waals surface area contributed by atoms with Gasteiger partial charge in [0.1, 0.15) is 11.6 Å². The number of nitrogens with one attached hydrogen (secondary N) is 2. The summed E-state index contributed by atoms with van der Waals surface area (Å²) < 4.78 is 5.28. The summed E-state index contributed by atoms with van der Waals surface area (Å²) in [4.78, 5) is 25.1. The van der Waals surface area contributed by atoms with Crippen molar-refractivity contribution in [2.45, 2.75) is 20.4 Å². The Morgan fingerprint density at radius 3 is 2.60 bits per heavy atom. The van der Waals surface area contributed by atoms with Gasteiger partial charge in [-0.3, -0.25) is 14.6 Å². The third-order valence-electron chi connectivity index (χ3n) is 5.60. The van der Waals surface area contributed by atoms with Gasteiger partial charge in [-0.05, 0) is 37.6 Å². The topological polar surface area (TPSA) is 73.5 Å². The van der Waals surface area contributed by atoms with Crippen LogP contribution in [0.15, 0.2) is 36.4 Å². The number of benzene rings is 2. The van der Waals surface area contributed by atoms with Gasteiger partial charge in [-0.15, -0.1) is 0 Å². The Labute approximate surface area is 177 Å². The molecule has 0 aliphatic carbocycles. The zero-order valence-corrected chi connectivity index (χ0v) is 17.9. The molecule has 4 rings (SSSR count). The molecule has 2 heterocycles. The molecule has 3 aromatic rings. The van der Waals surface area contributed by atoms with Gasteiger partial charge >= 0.3 is 0 Å². The van der Waals surface area contributed by atoms with Crippen molar-refractivity contribution in [3.05, 3.63) is 53.3 Å². The van der Waals surface area contributed by atoms with E-state index in [0.717, 1.165) is 66.6 Å². The number of H-pyrrole nitrogens is 1. The SMILES string of the molecule is COc1ccc2nc(CN3CCN(CC(=O)Nc4ccc(C)cc4C)CC3)[nH]c2c1. The summed E-state index contributed by atoms with van der Waals surface area (Å²) >= 11 is 0. The van der Waals surface area contributed by atoms with E-state index in [0.29, 0.717) is 6.54 Å². The molecule has 30 heavy (non-hydrogen) atoms. The van der Waals surface area contributed by atoms with Gasteiger partial charge in [0, 0.05) is 37.9 Å². The number of imidazole rings is 1. The van der Waals surface area contributed by atoms with Crippen LogP contribution in [0.4, 0.5) is 5.69 Å². The summed E-state index contributed by atoms with van der Waals surface area (Å²) in [5.74, 6) is 1.83. The van der Waals surface area contributed by atoms with E-state index in [1.54, 1.807) is 7.11 Å². The Balaban J connectivity index is 1.27. The highest BCUT2D eigenvalue weighted by Gasteiger charge is 2.20. The highest BCUT2D eigenvalue weighted by Crippen LogP contribution is 2.20. The maximum absolute atomic E-state index is 12.5.